The van der Waals surface area contributed by atoms with Crippen molar-refractivity contribution in [1.82, 2.24) is 4.57 Å². The Morgan fingerprint density at radius 2 is 2.18 bits per heavy atom. The predicted octanol–water partition coefficient (Wildman–Crippen LogP) is 4.18. The molecule has 0 saturated heterocycles. The van der Waals surface area contributed by atoms with Crippen LogP contribution in [0.25, 0.3) is 10.9 Å². The average Bonchev–Trinajstić information content (AvgIpc) is 2.61. The molecule has 3 heteroatoms. The topological polar surface area (TPSA) is 14.2 Å². The molecule has 1 heterocycles. The highest BCUT2D eigenvalue weighted by molar-refractivity contribution is 6.29. The summed E-state index contributed by atoms with van der Waals surface area (Å²) in [6, 6.07) is 8.09. The van der Waals surface area contributed by atoms with Crippen LogP contribution in [0, 0.1) is 0 Å². The van der Waals surface area contributed by atoms with Gasteiger partial charge in [-0.25, -0.2) is 0 Å². The summed E-state index contributed by atoms with van der Waals surface area (Å²) >= 11 is 5.85. The van der Waals surface area contributed by atoms with Gasteiger partial charge in [-0.2, -0.15) is 0 Å². The minimum atomic E-state index is 0.173. The van der Waals surface area contributed by atoms with Crippen LogP contribution >= 0.6 is 11.6 Å². The summed E-state index contributed by atoms with van der Waals surface area (Å²) in [5, 5.41) is 1.73. The molecular weight excluding hydrogens is 234 g/mol. The van der Waals surface area contributed by atoms with Crippen molar-refractivity contribution < 1.29 is 4.74 Å². The molecule has 2 rings (SSSR count). The fraction of sp³-hybridized carbons (Fsp3) is 0.286. The van der Waals surface area contributed by atoms with E-state index >= 15 is 0 Å². The molecule has 0 aliphatic rings. The van der Waals surface area contributed by atoms with Crippen molar-refractivity contribution in [3.63, 3.8) is 0 Å². The molecule has 0 aliphatic carbocycles. The van der Waals surface area contributed by atoms with Crippen LogP contribution in [0.1, 0.15) is 13.8 Å². The minimum absolute atomic E-state index is 0.173. The quantitative estimate of drug-likeness (QED) is 0.793. The first kappa shape index (κ1) is 12.1. The van der Waals surface area contributed by atoms with Gasteiger partial charge >= 0.3 is 0 Å². The number of allylic oxidation sites excluding steroid dienone is 1. The lowest BCUT2D eigenvalue weighted by Gasteiger charge is -2.11. The Hall–Kier alpha value is -1.41. The normalized spacial score (nSPS) is 11.1. The van der Waals surface area contributed by atoms with Crippen molar-refractivity contribution in [2.24, 2.45) is 0 Å². The van der Waals surface area contributed by atoms with Crippen LogP contribution in [-0.2, 0) is 6.54 Å². The monoisotopic (exact) mass is 249 g/mol. The maximum Gasteiger partial charge on any atom is 0.129 e. The van der Waals surface area contributed by atoms with Crippen LogP contribution in [-0.4, -0.2) is 10.7 Å². The van der Waals surface area contributed by atoms with Crippen LogP contribution in [0.4, 0.5) is 0 Å². The summed E-state index contributed by atoms with van der Waals surface area (Å²) in [4.78, 5) is 0. The number of benzene rings is 1. The first-order valence-corrected chi connectivity index (χ1v) is 6.03. The highest BCUT2D eigenvalue weighted by Gasteiger charge is 2.07. The first-order valence-electron chi connectivity index (χ1n) is 5.65. The van der Waals surface area contributed by atoms with Gasteiger partial charge in [-0.05, 0) is 32.0 Å². The summed E-state index contributed by atoms with van der Waals surface area (Å²) < 4.78 is 7.84. The third-order valence-electron chi connectivity index (χ3n) is 2.48. The van der Waals surface area contributed by atoms with Crippen LogP contribution in [0.5, 0.6) is 5.75 Å². The van der Waals surface area contributed by atoms with Crippen molar-refractivity contribution in [2.75, 3.05) is 0 Å². The van der Waals surface area contributed by atoms with Gasteiger partial charge in [0.1, 0.15) is 5.75 Å². The van der Waals surface area contributed by atoms with Gasteiger partial charge in [0.25, 0.3) is 0 Å². The van der Waals surface area contributed by atoms with E-state index in [-0.39, 0.29) is 6.10 Å². The Bertz CT molecular complexity index is 542. The zero-order valence-electron chi connectivity index (χ0n) is 10.1. The lowest BCUT2D eigenvalue weighted by atomic mass is 10.2. The zero-order chi connectivity index (χ0) is 12.4. The third-order valence-corrected chi connectivity index (χ3v) is 2.60. The van der Waals surface area contributed by atoms with E-state index in [1.807, 2.05) is 38.2 Å². The SMILES string of the molecule is C=C(Cl)Cn1ccc2c(OC(C)C)cccc21. The molecule has 1 aromatic carbocycles. The molecule has 1 aromatic heterocycles. The van der Waals surface area contributed by atoms with E-state index in [4.69, 9.17) is 16.3 Å². The minimum Gasteiger partial charge on any atom is -0.490 e. The van der Waals surface area contributed by atoms with Crippen LogP contribution in [0.2, 0.25) is 0 Å². The van der Waals surface area contributed by atoms with Gasteiger partial charge in [0.05, 0.1) is 18.2 Å². The fourth-order valence-corrected chi connectivity index (χ4v) is 2.00. The number of halogens is 1. The molecule has 0 radical (unpaired) electrons. The van der Waals surface area contributed by atoms with Crippen LogP contribution in [0.15, 0.2) is 42.1 Å². The Balaban J connectivity index is 2.45. The second-order valence-electron chi connectivity index (χ2n) is 4.32. The first-order chi connectivity index (χ1) is 8.08. The molecule has 0 fully saturated rings. The molecule has 2 aromatic rings. The van der Waals surface area contributed by atoms with Crippen molar-refractivity contribution >= 4 is 22.5 Å². The number of ether oxygens (including phenoxy) is 1. The average molecular weight is 250 g/mol. The van der Waals surface area contributed by atoms with E-state index in [1.54, 1.807) is 0 Å². The number of hydrogen-bond donors (Lipinski definition) is 0. The molecule has 90 valence electrons. The van der Waals surface area contributed by atoms with E-state index in [0.717, 1.165) is 16.7 Å². The number of nitrogens with zero attached hydrogens (tertiary/aromatic N) is 1. The van der Waals surface area contributed by atoms with Gasteiger partial charge in [0.15, 0.2) is 0 Å². The Morgan fingerprint density at radius 3 is 2.82 bits per heavy atom. The lowest BCUT2D eigenvalue weighted by Crippen LogP contribution is -2.05. The molecule has 0 unspecified atom stereocenters. The smallest absolute Gasteiger partial charge is 0.129 e. The molecule has 0 saturated carbocycles. The predicted molar refractivity (Wildman–Crippen MR) is 72.7 cm³/mol. The van der Waals surface area contributed by atoms with Crippen LogP contribution in [0.3, 0.4) is 0 Å². The Morgan fingerprint density at radius 1 is 1.41 bits per heavy atom. The van der Waals surface area contributed by atoms with E-state index in [9.17, 15) is 0 Å². The standard InChI is InChI=1S/C14H16ClNO/c1-10(2)17-14-6-4-5-13-12(14)7-8-16(13)9-11(3)15/h4-8,10H,3,9H2,1-2H3. The maximum atomic E-state index is 5.85. The van der Waals surface area contributed by atoms with E-state index < -0.39 is 0 Å². The Labute approximate surface area is 106 Å². The number of fused-ring (bicyclic) bond motifs is 1. The van der Waals surface area contributed by atoms with E-state index in [0.29, 0.717) is 11.6 Å². The zero-order valence-corrected chi connectivity index (χ0v) is 10.9. The second-order valence-corrected chi connectivity index (χ2v) is 4.85. The van der Waals surface area contributed by atoms with Crippen molar-refractivity contribution in [3.8, 4) is 5.75 Å². The summed E-state index contributed by atoms with van der Waals surface area (Å²) in [5.41, 5.74) is 1.12. The van der Waals surface area contributed by atoms with E-state index in [2.05, 4.69) is 17.2 Å². The number of rotatable bonds is 4. The number of aromatic nitrogens is 1. The van der Waals surface area contributed by atoms with Crippen molar-refractivity contribution in [2.45, 2.75) is 26.5 Å². The molecule has 2 nitrogen and oxygen atoms in total. The van der Waals surface area contributed by atoms with Gasteiger partial charge in [-0.3, -0.25) is 0 Å². The van der Waals surface area contributed by atoms with Crippen molar-refractivity contribution in [1.29, 1.82) is 0 Å². The second kappa shape index (κ2) is 4.84. The number of hydrogen-bond acceptors (Lipinski definition) is 1. The van der Waals surface area contributed by atoms with Gasteiger partial charge < -0.3 is 9.30 Å². The highest BCUT2D eigenvalue weighted by atomic mass is 35.5. The highest BCUT2D eigenvalue weighted by Crippen LogP contribution is 2.28. The molecular formula is C14H16ClNO. The largest absolute Gasteiger partial charge is 0.490 e. The summed E-state index contributed by atoms with van der Waals surface area (Å²) in [7, 11) is 0. The third kappa shape index (κ3) is 2.64. The lowest BCUT2D eigenvalue weighted by molar-refractivity contribution is 0.245. The van der Waals surface area contributed by atoms with Crippen LogP contribution < -0.4 is 4.74 Å². The summed E-state index contributed by atoms with van der Waals surface area (Å²) in [6.07, 6.45) is 2.18. The van der Waals surface area contributed by atoms with Gasteiger partial charge in [0.2, 0.25) is 0 Å². The Kier molecular flexibility index (Phi) is 3.43. The van der Waals surface area contributed by atoms with Crippen molar-refractivity contribution in [3.05, 3.63) is 42.1 Å². The van der Waals surface area contributed by atoms with Gasteiger partial charge in [0, 0.05) is 16.6 Å². The summed E-state index contributed by atoms with van der Waals surface area (Å²) in [6.45, 7) is 8.39. The molecule has 0 amide bonds. The molecule has 0 spiro atoms. The summed E-state index contributed by atoms with van der Waals surface area (Å²) in [5.74, 6) is 0.913. The molecule has 0 aliphatic heterocycles. The fourth-order valence-electron chi connectivity index (χ4n) is 1.87. The molecule has 0 bridgehead atoms. The molecule has 0 atom stereocenters. The molecule has 0 N–H and O–H groups in total. The van der Waals surface area contributed by atoms with Gasteiger partial charge in [-0.1, -0.05) is 24.2 Å². The maximum absolute atomic E-state index is 5.85. The van der Waals surface area contributed by atoms with E-state index in [1.165, 1.54) is 0 Å². The molecule has 17 heavy (non-hydrogen) atoms. The van der Waals surface area contributed by atoms with Gasteiger partial charge in [-0.15, -0.1) is 0 Å².